The lowest BCUT2D eigenvalue weighted by atomic mass is 9.97. The second-order valence-electron chi connectivity index (χ2n) is 6.53. The molecular weight excluding hydrogens is 364 g/mol. The number of nitrogens with one attached hydrogen (secondary N) is 1. The minimum Gasteiger partial charge on any atom is -0.493 e. The zero-order valence-corrected chi connectivity index (χ0v) is 16.1. The molecule has 0 bridgehead atoms. The Balaban J connectivity index is 2.03. The number of H-pyrrole nitrogens is 1. The molecule has 1 aromatic heterocycles. The maximum Gasteiger partial charge on any atom is 0.260 e. The first-order chi connectivity index (χ1) is 13.5. The summed E-state index contributed by atoms with van der Waals surface area (Å²) in [5, 5.41) is 9.82. The lowest BCUT2D eigenvalue weighted by molar-refractivity contribution is -0.0812. The van der Waals surface area contributed by atoms with Crippen LogP contribution >= 0.6 is 0 Å². The molecule has 1 aromatic carbocycles. The molecule has 0 spiro atoms. The molecule has 28 heavy (non-hydrogen) atoms. The third-order valence-corrected chi connectivity index (χ3v) is 4.83. The minimum atomic E-state index is -0.625. The maximum atomic E-state index is 13.2. The number of carbonyl (C=O) groups is 1. The Hall–Kier alpha value is -2.84. The summed E-state index contributed by atoms with van der Waals surface area (Å²) in [6.07, 6.45) is -0.625. The molecule has 0 aliphatic carbocycles. The van der Waals surface area contributed by atoms with Crippen molar-refractivity contribution in [2.75, 3.05) is 34.0 Å². The van der Waals surface area contributed by atoms with Gasteiger partial charge in [-0.1, -0.05) is 6.07 Å². The van der Waals surface area contributed by atoms with E-state index in [2.05, 4.69) is 4.98 Å². The van der Waals surface area contributed by atoms with Gasteiger partial charge in [-0.2, -0.15) is 0 Å². The monoisotopic (exact) mass is 388 g/mol. The van der Waals surface area contributed by atoms with E-state index in [4.69, 9.17) is 14.2 Å². The van der Waals surface area contributed by atoms with Crippen LogP contribution in [0, 0.1) is 6.92 Å². The van der Waals surface area contributed by atoms with Crippen LogP contribution in [0.1, 0.15) is 27.7 Å². The molecule has 0 radical (unpaired) electrons. The smallest absolute Gasteiger partial charge is 0.260 e. The molecule has 1 saturated heterocycles. The van der Waals surface area contributed by atoms with Crippen LogP contribution in [0.5, 0.6) is 11.5 Å². The van der Waals surface area contributed by atoms with Gasteiger partial charge in [0.1, 0.15) is 11.7 Å². The standard InChI is InChI=1S/C20H24N2O6/c1-12-4-6-14(19(24)21-12)20(25)22-8-9-28-17(11-23)18(22)13-5-7-15(26-2)16(10-13)27-3/h4-7,10,17-18,23H,8-9,11H2,1-3H3,(H,21,24)/t17-,18-/m0/s1. The van der Waals surface area contributed by atoms with Gasteiger partial charge in [0.2, 0.25) is 0 Å². The number of hydrogen-bond donors (Lipinski definition) is 2. The number of morpholine rings is 1. The molecule has 8 heteroatoms. The molecule has 150 valence electrons. The van der Waals surface area contributed by atoms with Crippen LogP contribution in [0.25, 0.3) is 0 Å². The first-order valence-corrected chi connectivity index (χ1v) is 8.95. The number of aromatic amines is 1. The Morgan fingerprint density at radius 1 is 1.25 bits per heavy atom. The van der Waals surface area contributed by atoms with Crippen LogP contribution < -0.4 is 15.0 Å². The third-order valence-electron chi connectivity index (χ3n) is 4.83. The average Bonchev–Trinajstić information content (AvgIpc) is 2.72. The van der Waals surface area contributed by atoms with Gasteiger partial charge in [-0.25, -0.2) is 0 Å². The molecule has 3 rings (SSSR count). The lowest BCUT2D eigenvalue weighted by Crippen LogP contribution is -2.50. The van der Waals surface area contributed by atoms with E-state index in [-0.39, 0.29) is 18.8 Å². The SMILES string of the molecule is COc1ccc([C@H]2[C@H](CO)OCCN2C(=O)c2ccc(C)[nH]c2=O)cc1OC. The minimum absolute atomic E-state index is 0.0506. The average molecular weight is 388 g/mol. The molecular formula is C20H24N2O6. The summed E-state index contributed by atoms with van der Waals surface area (Å²) in [7, 11) is 3.06. The topological polar surface area (TPSA) is 101 Å². The third kappa shape index (κ3) is 3.74. The molecule has 0 unspecified atom stereocenters. The number of aliphatic hydroxyl groups excluding tert-OH is 1. The van der Waals surface area contributed by atoms with Crippen molar-refractivity contribution < 1.29 is 24.1 Å². The van der Waals surface area contributed by atoms with Crippen molar-refractivity contribution in [3.63, 3.8) is 0 Å². The molecule has 2 heterocycles. The molecule has 1 amide bonds. The van der Waals surface area contributed by atoms with Gasteiger partial charge < -0.3 is 29.2 Å². The van der Waals surface area contributed by atoms with Crippen molar-refractivity contribution in [1.29, 1.82) is 0 Å². The molecule has 1 fully saturated rings. The van der Waals surface area contributed by atoms with E-state index in [1.54, 1.807) is 36.1 Å². The fourth-order valence-electron chi connectivity index (χ4n) is 3.44. The maximum absolute atomic E-state index is 13.2. The first-order valence-electron chi connectivity index (χ1n) is 8.95. The molecule has 1 aliphatic heterocycles. The van der Waals surface area contributed by atoms with Gasteiger partial charge in [-0.3, -0.25) is 9.59 Å². The summed E-state index contributed by atoms with van der Waals surface area (Å²) < 4.78 is 16.3. The van der Waals surface area contributed by atoms with Gasteiger partial charge in [-0.15, -0.1) is 0 Å². The van der Waals surface area contributed by atoms with Crippen LogP contribution in [-0.4, -0.2) is 61.0 Å². The van der Waals surface area contributed by atoms with Crippen molar-refractivity contribution in [2.24, 2.45) is 0 Å². The summed E-state index contributed by atoms with van der Waals surface area (Å²) in [5.74, 6) is 0.641. The lowest BCUT2D eigenvalue weighted by Gasteiger charge is -2.41. The highest BCUT2D eigenvalue weighted by atomic mass is 16.5. The summed E-state index contributed by atoms with van der Waals surface area (Å²) >= 11 is 0. The number of aliphatic hydroxyl groups is 1. The Kier molecular flexibility index (Phi) is 6.01. The number of hydrogen-bond acceptors (Lipinski definition) is 6. The van der Waals surface area contributed by atoms with E-state index in [1.807, 2.05) is 0 Å². The van der Waals surface area contributed by atoms with Crippen molar-refractivity contribution in [3.8, 4) is 11.5 Å². The molecule has 8 nitrogen and oxygen atoms in total. The molecule has 0 saturated carbocycles. The largest absolute Gasteiger partial charge is 0.493 e. The van der Waals surface area contributed by atoms with Crippen molar-refractivity contribution in [2.45, 2.75) is 19.1 Å². The van der Waals surface area contributed by atoms with E-state index < -0.39 is 23.6 Å². The van der Waals surface area contributed by atoms with Crippen LogP contribution in [0.4, 0.5) is 0 Å². The number of benzene rings is 1. The number of methoxy groups -OCH3 is 2. The zero-order valence-electron chi connectivity index (χ0n) is 16.1. The van der Waals surface area contributed by atoms with Gasteiger partial charge in [-0.05, 0) is 36.8 Å². The Labute approximate surface area is 162 Å². The van der Waals surface area contributed by atoms with Gasteiger partial charge >= 0.3 is 0 Å². The van der Waals surface area contributed by atoms with Crippen molar-refractivity contribution >= 4 is 5.91 Å². The Morgan fingerprint density at radius 2 is 2.00 bits per heavy atom. The van der Waals surface area contributed by atoms with Crippen molar-refractivity contribution in [1.82, 2.24) is 9.88 Å². The molecule has 2 aromatic rings. The Bertz CT molecular complexity index is 910. The number of ether oxygens (including phenoxy) is 3. The number of pyridine rings is 1. The molecule has 1 aliphatic rings. The highest BCUT2D eigenvalue weighted by Gasteiger charge is 2.37. The number of nitrogens with zero attached hydrogens (tertiary/aromatic N) is 1. The summed E-state index contributed by atoms with van der Waals surface area (Å²) in [6.45, 7) is 2.04. The number of aromatic nitrogens is 1. The van der Waals surface area contributed by atoms with Crippen LogP contribution in [0.2, 0.25) is 0 Å². The van der Waals surface area contributed by atoms with Gasteiger partial charge in [0.15, 0.2) is 11.5 Å². The zero-order chi connectivity index (χ0) is 20.3. The van der Waals surface area contributed by atoms with E-state index in [0.29, 0.717) is 29.3 Å². The molecule has 2 N–H and O–H groups in total. The van der Waals surface area contributed by atoms with Gasteiger partial charge in [0, 0.05) is 12.2 Å². The first kappa shape index (κ1) is 19.9. The van der Waals surface area contributed by atoms with Crippen molar-refractivity contribution in [3.05, 3.63) is 57.5 Å². The number of carbonyl (C=O) groups excluding carboxylic acids is 1. The summed E-state index contributed by atoms with van der Waals surface area (Å²) in [6, 6.07) is 7.91. The molecule has 2 atom stereocenters. The summed E-state index contributed by atoms with van der Waals surface area (Å²) in [5.41, 5.74) is 0.999. The van der Waals surface area contributed by atoms with Gasteiger partial charge in [0.05, 0.1) is 33.5 Å². The van der Waals surface area contributed by atoms with Gasteiger partial charge in [0.25, 0.3) is 11.5 Å². The normalized spacial score (nSPS) is 19.4. The summed E-state index contributed by atoms with van der Waals surface area (Å²) in [4.78, 5) is 29.7. The predicted octanol–water partition coefficient (Wildman–Crippen LogP) is 1.28. The number of amides is 1. The van der Waals surface area contributed by atoms with Crippen LogP contribution in [0.3, 0.4) is 0 Å². The van der Waals surface area contributed by atoms with E-state index in [9.17, 15) is 14.7 Å². The van der Waals surface area contributed by atoms with Crippen LogP contribution in [0.15, 0.2) is 35.1 Å². The van der Waals surface area contributed by atoms with E-state index in [1.165, 1.54) is 20.3 Å². The second kappa shape index (κ2) is 8.45. The second-order valence-corrected chi connectivity index (χ2v) is 6.53. The fraction of sp³-hybridized carbons (Fsp3) is 0.400. The predicted molar refractivity (Wildman–Crippen MR) is 102 cm³/mol. The van der Waals surface area contributed by atoms with Crippen LogP contribution in [-0.2, 0) is 4.74 Å². The highest BCUT2D eigenvalue weighted by Crippen LogP contribution is 2.36. The number of rotatable bonds is 5. The highest BCUT2D eigenvalue weighted by molar-refractivity contribution is 5.94. The fourth-order valence-corrected chi connectivity index (χ4v) is 3.44. The van der Waals surface area contributed by atoms with E-state index >= 15 is 0 Å². The number of aryl methyl sites for hydroxylation is 1. The Morgan fingerprint density at radius 3 is 2.64 bits per heavy atom. The van der Waals surface area contributed by atoms with E-state index in [0.717, 1.165) is 0 Å². The quantitative estimate of drug-likeness (QED) is 0.800.